The lowest BCUT2D eigenvalue weighted by Crippen LogP contribution is -2.20. The molecule has 1 heterocycles. The molecule has 0 radical (unpaired) electrons. The summed E-state index contributed by atoms with van der Waals surface area (Å²) in [5.41, 5.74) is 0.626. The second kappa shape index (κ2) is 9.66. The van der Waals surface area contributed by atoms with Crippen molar-refractivity contribution >= 4 is 28.5 Å². The number of benzene rings is 3. The molecule has 1 N–H and O–H groups in total. The van der Waals surface area contributed by atoms with Crippen LogP contribution in [0.4, 0.5) is 18.9 Å². The van der Waals surface area contributed by atoms with E-state index in [9.17, 15) is 22.8 Å². The van der Waals surface area contributed by atoms with E-state index in [2.05, 4.69) is 5.32 Å². The highest BCUT2D eigenvalue weighted by Crippen LogP contribution is 2.37. The Bertz CT molecular complexity index is 1390. The van der Waals surface area contributed by atoms with Crippen molar-refractivity contribution in [2.24, 2.45) is 0 Å². The van der Waals surface area contributed by atoms with Crippen molar-refractivity contribution < 1.29 is 27.5 Å². The van der Waals surface area contributed by atoms with Gasteiger partial charge in [0.25, 0.3) is 5.91 Å². The molecule has 180 valence electrons. The van der Waals surface area contributed by atoms with Gasteiger partial charge in [-0.1, -0.05) is 42.5 Å². The zero-order valence-corrected chi connectivity index (χ0v) is 19.1. The minimum atomic E-state index is -4.71. The molecule has 1 aromatic heterocycles. The van der Waals surface area contributed by atoms with Gasteiger partial charge >= 0.3 is 12.1 Å². The molecule has 0 aliphatic rings. The Morgan fingerprint density at radius 3 is 2.34 bits per heavy atom. The number of esters is 1. The van der Waals surface area contributed by atoms with Crippen molar-refractivity contribution in [1.82, 2.24) is 4.57 Å². The number of anilines is 1. The highest BCUT2D eigenvalue weighted by atomic mass is 19.4. The first-order valence-corrected chi connectivity index (χ1v) is 11.1. The fourth-order valence-corrected chi connectivity index (χ4v) is 4.15. The summed E-state index contributed by atoms with van der Waals surface area (Å²) >= 11 is 0. The number of alkyl halides is 3. The van der Waals surface area contributed by atoms with Crippen LogP contribution in [-0.2, 0) is 17.5 Å². The van der Waals surface area contributed by atoms with Gasteiger partial charge in [-0.05, 0) is 55.3 Å². The molecule has 0 spiro atoms. The van der Waals surface area contributed by atoms with Crippen molar-refractivity contribution in [1.29, 1.82) is 0 Å². The summed E-state index contributed by atoms with van der Waals surface area (Å²) in [6.07, 6.45) is -4.71. The van der Waals surface area contributed by atoms with Crippen LogP contribution in [0.15, 0.2) is 72.8 Å². The third kappa shape index (κ3) is 4.77. The number of carbonyl (C=O) groups is 2. The third-order valence-electron chi connectivity index (χ3n) is 5.64. The number of fused-ring (bicyclic) bond motifs is 1. The van der Waals surface area contributed by atoms with E-state index in [-0.39, 0.29) is 12.2 Å². The summed E-state index contributed by atoms with van der Waals surface area (Å²) in [5.74, 6) is -1.35. The number of rotatable bonds is 6. The minimum Gasteiger partial charge on any atom is -0.461 e. The van der Waals surface area contributed by atoms with Crippen LogP contribution in [0.2, 0.25) is 0 Å². The zero-order chi connectivity index (χ0) is 25.2. The zero-order valence-electron chi connectivity index (χ0n) is 19.1. The van der Waals surface area contributed by atoms with E-state index in [0.717, 1.165) is 11.6 Å². The summed E-state index contributed by atoms with van der Waals surface area (Å²) < 4.78 is 48.4. The molecule has 5 nitrogen and oxygen atoms in total. The first-order chi connectivity index (χ1) is 16.7. The van der Waals surface area contributed by atoms with Gasteiger partial charge in [0, 0.05) is 23.1 Å². The van der Waals surface area contributed by atoms with Crippen LogP contribution in [-0.4, -0.2) is 23.1 Å². The predicted octanol–water partition coefficient (Wildman–Crippen LogP) is 6.78. The molecule has 0 unspecified atom stereocenters. The highest BCUT2D eigenvalue weighted by molar-refractivity contribution is 6.10. The summed E-state index contributed by atoms with van der Waals surface area (Å²) in [5, 5.41) is 3.26. The van der Waals surface area contributed by atoms with Gasteiger partial charge in [-0.3, -0.25) is 4.79 Å². The smallest absolute Gasteiger partial charge is 0.417 e. The maximum atomic E-state index is 13.8. The number of carbonyl (C=O) groups excluding carboxylic acids is 2. The van der Waals surface area contributed by atoms with Crippen LogP contribution in [0.3, 0.4) is 0 Å². The van der Waals surface area contributed by atoms with Crippen molar-refractivity contribution in [2.45, 2.75) is 26.6 Å². The Labute approximate surface area is 200 Å². The molecule has 3 aromatic carbocycles. The second-order valence-corrected chi connectivity index (χ2v) is 7.81. The lowest BCUT2D eigenvalue weighted by molar-refractivity contribution is -0.137. The lowest BCUT2D eigenvalue weighted by Gasteiger charge is -2.17. The summed E-state index contributed by atoms with van der Waals surface area (Å²) in [6, 6.07) is 18.7. The maximum Gasteiger partial charge on any atom is 0.417 e. The summed E-state index contributed by atoms with van der Waals surface area (Å²) in [6.45, 7) is 4.35. The quantitative estimate of drug-likeness (QED) is 0.310. The molecule has 4 aromatic rings. The van der Waals surface area contributed by atoms with E-state index < -0.39 is 29.2 Å². The number of amides is 1. The Morgan fingerprint density at radius 2 is 1.69 bits per heavy atom. The van der Waals surface area contributed by atoms with E-state index in [1.807, 2.05) is 6.92 Å². The molecule has 35 heavy (non-hydrogen) atoms. The molecule has 0 aliphatic carbocycles. The molecular formula is C27H23F3N2O3. The van der Waals surface area contributed by atoms with E-state index in [1.165, 1.54) is 12.1 Å². The van der Waals surface area contributed by atoms with Crippen LogP contribution >= 0.6 is 0 Å². The average molecular weight is 480 g/mol. The molecule has 0 atom stereocenters. The number of nitrogens with zero attached hydrogens (tertiary/aromatic N) is 1. The van der Waals surface area contributed by atoms with Gasteiger partial charge in [0.1, 0.15) is 5.69 Å². The Balaban J connectivity index is 1.76. The largest absolute Gasteiger partial charge is 0.461 e. The van der Waals surface area contributed by atoms with Crippen LogP contribution in [0, 0.1) is 0 Å². The molecule has 8 heteroatoms. The second-order valence-electron chi connectivity index (χ2n) is 7.81. The number of hydrogen-bond acceptors (Lipinski definition) is 3. The van der Waals surface area contributed by atoms with Crippen molar-refractivity contribution in [3.8, 4) is 11.1 Å². The minimum absolute atomic E-state index is 0.181. The predicted molar refractivity (Wildman–Crippen MR) is 128 cm³/mol. The average Bonchev–Trinajstić information content (AvgIpc) is 3.21. The lowest BCUT2D eigenvalue weighted by atomic mass is 9.94. The molecule has 1 amide bonds. The van der Waals surface area contributed by atoms with E-state index >= 15 is 0 Å². The van der Waals surface area contributed by atoms with Gasteiger partial charge in [-0.2, -0.15) is 13.2 Å². The SMILES string of the molecule is CCOC(=O)c1cc2cc(NC(=O)c3c(-c4ccccc4)cccc3C(F)(F)F)ccc2n1CC. The van der Waals surface area contributed by atoms with Gasteiger partial charge in [0.2, 0.25) is 0 Å². The number of halogens is 3. The number of nitrogens with one attached hydrogen (secondary N) is 1. The Kier molecular flexibility index (Phi) is 6.64. The number of aryl methyl sites for hydroxylation is 1. The Morgan fingerprint density at radius 1 is 0.943 bits per heavy atom. The van der Waals surface area contributed by atoms with Gasteiger partial charge < -0.3 is 14.6 Å². The van der Waals surface area contributed by atoms with E-state index in [1.54, 1.807) is 66.1 Å². The van der Waals surface area contributed by atoms with Gasteiger partial charge in [-0.25, -0.2) is 4.79 Å². The van der Waals surface area contributed by atoms with Crippen LogP contribution in [0.1, 0.15) is 40.3 Å². The van der Waals surface area contributed by atoms with Gasteiger partial charge in [-0.15, -0.1) is 0 Å². The number of aromatic nitrogens is 1. The highest BCUT2D eigenvalue weighted by Gasteiger charge is 2.36. The van der Waals surface area contributed by atoms with Gasteiger partial charge in [0.15, 0.2) is 0 Å². The molecular weight excluding hydrogens is 457 g/mol. The molecule has 0 saturated heterocycles. The monoisotopic (exact) mass is 480 g/mol. The molecule has 0 saturated carbocycles. The fourth-order valence-electron chi connectivity index (χ4n) is 4.15. The standard InChI is InChI=1S/C27H23F3N2O3/c1-3-32-22-14-13-19(15-18(22)16-23(32)26(34)35-4-2)31-25(33)24-20(17-9-6-5-7-10-17)11-8-12-21(24)27(28,29)30/h5-16H,3-4H2,1-2H3,(H,31,33). The van der Waals surface area contributed by atoms with Crippen molar-refractivity contribution in [3.05, 3.63) is 89.6 Å². The topological polar surface area (TPSA) is 60.3 Å². The van der Waals surface area contributed by atoms with Crippen molar-refractivity contribution in [3.63, 3.8) is 0 Å². The van der Waals surface area contributed by atoms with Crippen molar-refractivity contribution in [2.75, 3.05) is 11.9 Å². The third-order valence-corrected chi connectivity index (χ3v) is 5.64. The maximum absolute atomic E-state index is 13.8. The number of hydrogen-bond donors (Lipinski definition) is 1. The van der Waals surface area contributed by atoms with Crippen LogP contribution in [0.5, 0.6) is 0 Å². The first kappa shape index (κ1) is 24.1. The molecule has 0 bridgehead atoms. The summed E-state index contributed by atoms with van der Waals surface area (Å²) in [7, 11) is 0. The van der Waals surface area contributed by atoms with Crippen LogP contribution < -0.4 is 5.32 Å². The van der Waals surface area contributed by atoms with Crippen LogP contribution in [0.25, 0.3) is 22.0 Å². The van der Waals surface area contributed by atoms with Gasteiger partial charge in [0.05, 0.1) is 17.7 Å². The normalized spacial score (nSPS) is 11.5. The molecule has 0 fully saturated rings. The molecule has 0 aliphatic heterocycles. The van der Waals surface area contributed by atoms with E-state index in [0.29, 0.717) is 28.9 Å². The fraction of sp³-hybridized carbons (Fsp3) is 0.185. The van der Waals surface area contributed by atoms with E-state index in [4.69, 9.17) is 4.74 Å². The number of ether oxygens (including phenoxy) is 1. The first-order valence-electron chi connectivity index (χ1n) is 11.1. The Hall–Kier alpha value is -4.07. The summed E-state index contributed by atoms with van der Waals surface area (Å²) in [4.78, 5) is 25.6. The molecule has 4 rings (SSSR count).